The summed E-state index contributed by atoms with van der Waals surface area (Å²) in [5, 5.41) is 4.13. The van der Waals surface area contributed by atoms with E-state index >= 15 is 0 Å². The van der Waals surface area contributed by atoms with Gasteiger partial charge in [-0.05, 0) is 53.1 Å². The summed E-state index contributed by atoms with van der Waals surface area (Å²) in [4.78, 5) is 21.2. The third-order valence-corrected chi connectivity index (χ3v) is 7.25. The third kappa shape index (κ3) is 3.90. The van der Waals surface area contributed by atoms with Crippen molar-refractivity contribution in [2.24, 2.45) is 0 Å². The maximum Gasteiger partial charge on any atom is 0.287 e. The van der Waals surface area contributed by atoms with Crippen LogP contribution < -0.4 is 5.32 Å². The summed E-state index contributed by atoms with van der Waals surface area (Å²) < 4.78 is 5.98. The van der Waals surface area contributed by atoms with Crippen molar-refractivity contribution in [3.63, 3.8) is 0 Å². The molecule has 0 aliphatic heterocycles. The number of carbonyl (C=O) groups is 1. The maximum absolute atomic E-state index is 12.7. The molecule has 0 radical (unpaired) electrons. The second-order valence-corrected chi connectivity index (χ2v) is 9.53. The van der Waals surface area contributed by atoms with Crippen LogP contribution in [0.3, 0.4) is 0 Å². The number of nitrogens with zero attached hydrogens (tertiary/aromatic N) is 2. The van der Waals surface area contributed by atoms with E-state index in [0.717, 1.165) is 59.4 Å². The molecule has 0 atom stereocenters. The predicted octanol–water partition coefficient (Wildman–Crippen LogP) is 4.50. The lowest BCUT2D eigenvalue weighted by molar-refractivity contribution is 0.0920. The van der Waals surface area contributed by atoms with Crippen LogP contribution in [-0.4, -0.2) is 42.0 Å². The van der Waals surface area contributed by atoms with E-state index in [-0.39, 0.29) is 5.91 Å². The van der Waals surface area contributed by atoms with Gasteiger partial charge in [0.25, 0.3) is 5.91 Å². The molecule has 1 N–H and O–H groups in total. The quantitative estimate of drug-likeness (QED) is 0.724. The molecule has 2 aromatic heterocycles. The number of thiazole rings is 1. The fraction of sp³-hybridized carbons (Fsp3) is 0.636. The highest BCUT2D eigenvalue weighted by Crippen LogP contribution is 2.40. The number of furan rings is 1. The van der Waals surface area contributed by atoms with Crippen LogP contribution in [0.2, 0.25) is 0 Å². The van der Waals surface area contributed by atoms with Gasteiger partial charge in [0.2, 0.25) is 0 Å². The summed E-state index contributed by atoms with van der Waals surface area (Å²) in [7, 11) is 2.22. The Morgan fingerprint density at radius 2 is 2.04 bits per heavy atom. The minimum Gasteiger partial charge on any atom is -0.455 e. The zero-order valence-electron chi connectivity index (χ0n) is 17.3. The Kier molecular flexibility index (Phi) is 5.88. The molecule has 6 heteroatoms. The van der Waals surface area contributed by atoms with E-state index in [9.17, 15) is 4.79 Å². The number of hydrogen-bond acceptors (Lipinski definition) is 5. The Morgan fingerprint density at radius 1 is 1.25 bits per heavy atom. The van der Waals surface area contributed by atoms with Crippen LogP contribution in [0.5, 0.6) is 0 Å². The van der Waals surface area contributed by atoms with Gasteiger partial charge in [-0.25, -0.2) is 4.98 Å². The number of aromatic nitrogens is 1. The monoisotopic (exact) mass is 401 g/mol. The molecule has 1 fully saturated rings. The zero-order valence-corrected chi connectivity index (χ0v) is 18.1. The summed E-state index contributed by atoms with van der Waals surface area (Å²) >= 11 is 1.75. The van der Waals surface area contributed by atoms with E-state index < -0.39 is 0 Å². The summed E-state index contributed by atoms with van der Waals surface area (Å²) in [6, 6.07) is 0.722. The topological polar surface area (TPSA) is 58.4 Å². The number of rotatable bonds is 6. The third-order valence-electron chi connectivity index (χ3n) is 6.22. The van der Waals surface area contributed by atoms with Gasteiger partial charge in [-0.2, -0.15) is 0 Å². The molecule has 5 nitrogen and oxygen atoms in total. The fourth-order valence-electron chi connectivity index (χ4n) is 4.65. The van der Waals surface area contributed by atoms with Crippen molar-refractivity contribution in [1.82, 2.24) is 15.2 Å². The van der Waals surface area contributed by atoms with E-state index in [1.54, 1.807) is 11.3 Å². The lowest BCUT2D eigenvalue weighted by atomic mass is 9.94. The van der Waals surface area contributed by atoms with Crippen molar-refractivity contribution < 1.29 is 9.21 Å². The first kappa shape index (κ1) is 19.6. The number of hydrogen-bond donors (Lipinski definition) is 1. The first-order valence-corrected chi connectivity index (χ1v) is 11.4. The van der Waals surface area contributed by atoms with Crippen LogP contribution in [0.25, 0.3) is 11.3 Å². The number of fused-ring (bicyclic) bond motifs is 3. The number of amides is 1. The van der Waals surface area contributed by atoms with Crippen molar-refractivity contribution in [1.29, 1.82) is 0 Å². The summed E-state index contributed by atoms with van der Waals surface area (Å²) in [6.45, 7) is 5.73. The normalized spacial score (nSPS) is 16.9. The van der Waals surface area contributed by atoms with E-state index in [4.69, 9.17) is 4.42 Å². The van der Waals surface area contributed by atoms with Gasteiger partial charge >= 0.3 is 0 Å². The average Bonchev–Trinajstić information content (AvgIpc) is 3.24. The van der Waals surface area contributed by atoms with Crippen LogP contribution in [0.1, 0.15) is 70.3 Å². The molecule has 0 unspecified atom stereocenters. The largest absolute Gasteiger partial charge is 0.455 e. The minimum absolute atomic E-state index is 0.0966. The number of aryl methyl sites for hydroxylation is 3. The van der Waals surface area contributed by atoms with Crippen molar-refractivity contribution >= 4 is 17.2 Å². The number of carbonyl (C=O) groups excluding carboxylic acids is 1. The zero-order chi connectivity index (χ0) is 19.7. The molecule has 4 rings (SSSR count). The Hall–Kier alpha value is -1.66. The highest BCUT2D eigenvalue weighted by Gasteiger charge is 2.29. The Labute approximate surface area is 171 Å². The molecule has 0 spiro atoms. The molecule has 1 saturated carbocycles. The van der Waals surface area contributed by atoms with Gasteiger partial charge in [-0.15, -0.1) is 11.3 Å². The lowest BCUT2D eigenvalue weighted by Gasteiger charge is -2.31. The van der Waals surface area contributed by atoms with Crippen molar-refractivity contribution in [3.05, 3.63) is 27.0 Å². The van der Waals surface area contributed by atoms with Gasteiger partial charge in [-0.1, -0.05) is 19.3 Å². The maximum atomic E-state index is 12.7. The van der Waals surface area contributed by atoms with Gasteiger partial charge in [0, 0.05) is 35.0 Å². The summed E-state index contributed by atoms with van der Waals surface area (Å²) in [6.07, 6.45) is 9.50. The molecule has 1 amide bonds. The van der Waals surface area contributed by atoms with Crippen LogP contribution in [0.15, 0.2) is 4.42 Å². The Morgan fingerprint density at radius 3 is 2.82 bits per heavy atom. The Balaban J connectivity index is 1.34. The highest BCUT2D eigenvalue weighted by atomic mass is 32.1. The van der Waals surface area contributed by atoms with Crippen LogP contribution in [0, 0.1) is 13.8 Å². The van der Waals surface area contributed by atoms with E-state index in [0.29, 0.717) is 12.3 Å². The van der Waals surface area contributed by atoms with Crippen molar-refractivity contribution in [2.45, 2.75) is 71.3 Å². The SMILES string of the molecule is Cc1nc2c(s1)CCc1oc(C(=O)NCCCN(C)C3CCCCC3)c(C)c1-2. The first-order chi connectivity index (χ1) is 13.5. The molecule has 0 saturated heterocycles. The van der Waals surface area contributed by atoms with Crippen molar-refractivity contribution in [2.75, 3.05) is 20.1 Å². The summed E-state index contributed by atoms with van der Waals surface area (Å²) in [5.41, 5.74) is 3.00. The van der Waals surface area contributed by atoms with E-state index in [1.165, 1.54) is 37.0 Å². The van der Waals surface area contributed by atoms with Crippen LogP contribution in [0.4, 0.5) is 0 Å². The van der Waals surface area contributed by atoms with Crippen molar-refractivity contribution in [3.8, 4) is 11.3 Å². The van der Waals surface area contributed by atoms with Gasteiger partial charge in [-0.3, -0.25) is 4.79 Å². The van der Waals surface area contributed by atoms with Gasteiger partial charge in [0.1, 0.15) is 5.76 Å². The molecule has 0 bridgehead atoms. The first-order valence-electron chi connectivity index (χ1n) is 10.6. The molecule has 2 aliphatic rings. The van der Waals surface area contributed by atoms with Crippen LogP contribution >= 0.6 is 11.3 Å². The molecule has 0 aromatic carbocycles. The molecule has 2 heterocycles. The second-order valence-electron chi connectivity index (χ2n) is 8.24. The lowest BCUT2D eigenvalue weighted by Crippen LogP contribution is -2.35. The molecule has 152 valence electrons. The molecule has 2 aliphatic carbocycles. The molecule has 28 heavy (non-hydrogen) atoms. The second kappa shape index (κ2) is 8.37. The Bertz CT molecular complexity index is 848. The van der Waals surface area contributed by atoms with E-state index in [1.807, 2.05) is 13.8 Å². The highest BCUT2D eigenvalue weighted by molar-refractivity contribution is 7.12. The fourth-order valence-corrected chi connectivity index (χ4v) is 5.59. The minimum atomic E-state index is -0.0966. The molecule has 2 aromatic rings. The molecular formula is C22H31N3O2S. The molecular weight excluding hydrogens is 370 g/mol. The predicted molar refractivity (Wildman–Crippen MR) is 113 cm³/mol. The standard InChI is InChI=1S/C22H31N3O2S/c1-14-19-17(10-11-18-20(19)24-15(2)28-18)27-21(14)22(26)23-12-7-13-25(3)16-8-5-4-6-9-16/h16H,4-13H2,1-3H3,(H,23,26). The smallest absolute Gasteiger partial charge is 0.287 e. The van der Waals surface area contributed by atoms with Gasteiger partial charge in [0.05, 0.1) is 10.7 Å². The summed E-state index contributed by atoms with van der Waals surface area (Å²) in [5.74, 6) is 1.28. The average molecular weight is 402 g/mol. The van der Waals surface area contributed by atoms with E-state index in [2.05, 4.69) is 22.2 Å². The van der Waals surface area contributed by atoms with Gasteiger partial charge in [0.15, 0.2) is 5.76 Å². The number of nitrogens with one attached hydrogen (secondary N) is 1. The van der Waals surface area contributed by atoms with Gasteiger partial charge < -0.3 is 14.6 Å². The van der Waals surface area contributed by atoms with Crippen LogP contribution in [-0.2, 0) is 12.8 Å².